The number of allylic oxidation sites excluding steroid dienone is 4. The molecule has 33 heavy (non-hydrogen) atoms. The summed E-state index contributed by atoms with van der Waals surface area (Å²) < 4.78 is 0. The summed E-state index contributed by atoms with van der Waals surface area (Å²) in [5.74, 6) is 0. The topological polar surface area (TPSA) is 12.0 Å². The van der Waals surface area contributed by atoms with Crippen LogP contribution < -0.4 is 5.32 Å². The van der Waals surface area contributed by atoms with Crippen LogP contribution in [-0.4, -0.2) is 0 Å². The van der Waals surface area contributed by atoms with Gasteiger partial charge in [-0.1, -0.05) is 109 Å². The number of benzene rings is 4. The Morgan fingerprint density at radius 2 is 1.15 bits per heavy atom. The highest BCUT2D eigenvalue weighted by atomic mass is 14.9. The fourth-order valence-electron chi connectivity index (χ4n) is 5.71. The van der Waals surface area contributed by atoms with Crippen molar-refractivity contribution in [3.05, 3.63) is 160 Å². The molecule has 160 valence electrons. The van der Waals surface area contributed by atoms with Crippen LogP contribution in [0.15, 0.2) is 138 Å². The Bertz CT molecular complexity index is 1290. The SMILES string of the molecule is C1=C(Nc2ccccc2)CCC2=C1C(c1ccccc1)(c1ccccc1)c1ccccc1C2. The van der Waals surface area contributed by atoms with Gasteiger partial charge in [-0.3, -0.25) is 0 Å². The van der Waals surface area contributed by atoms with Gasteiger partial charge in [-0.15, -0.1) is 0 Å². The molecule has 0 amide bonds. The van der Waals surface area contributed by atoms with Crippen molar-refractivity contribution in [2.75, 3.05) is 5.32 Å². The Hall–Kier alpha value is -3.84. The number of hydrogen-bond donors (Lipinski definition) is 1. The van der Waals surface area contributed by atoms with Crippen LogP contribution in [0.3, 0.4) is 0 Å². The lowest BCUT2D eigenvalue weighted by atomic mass is 9.58. The number of para-hydroxylation sites is 1. The molecular formula is C32H27N. The van der Waals surface area contributed by atoms with Gasteiger partial charge in [0.2, 0.25) is 0 Å². The summed E-state index contributed by atoms with van der Waals surface area (Å²) in [7, 11) is 0. The van der Waals surface area contributed by atoms with Gasteiger partial charge in [-0.05, 0) is 65.3 Å². The predicted molar refractivity (Wildman–Crippen MR) is 137 cm³/mol. The second-order valence-electron chi connectivity index (χ2n) is 8.99. The fraction of sp³-hybridized carbons (Fsp3) is 0.125. The first-order chi connectivity index (χ1) is 16.4. The molecule has 0 heterocycles. The van der Waals surface area contributed by atoms with Gasteiger partial charge in [0.1, 0.15) is 0 Å². The monoisotopic (exact) mass is 425 g/mol. The number of fused-ring (bicyclic) bond motifs is 1. The Balaban J connectivity index is 1.62. The molecule has 1 heteroatoms. The van der Waals surface area contributed by atoms with E-state index in [1.54, 1.807) is 5.57 Å². The van der Waals surface area contributed by atoms with E-state index >= 15 is 0 Å². The summed E-state index contributed by atoms with van der Waals surface area (Å²) in [5.41, 5.74) is 10.6. The number of hydrogen-bond acceptors (Lipinski definition) is 1. The van der Waals surface area contributed by atoms with Crippen LogP contribution in [0.4, 0.5) is 5.69 Å². The summed E-state index contributed by atoms with van der Waals surface area (Å²) >= 11 is 0. The van der Waals surface area contributed by atoms with Crippen LogP contribution in [0, 0.1) is 0 Å². The minimum Gasteiger partial charge on any atom is -0.359 e. The summed E-state index contributed by atoms with van der Waals surface area (Å²) in [6.45, 7) is 0. The van der Waals surface area contributed by atoms with Crippen LogP contribution in [-0.2, 0) is 11.8 Å². The molecule has 0 fully saturated rings. The Morgan fingerprint density at radius 3 is 1.82 bits per heavy atom. The summed E-state index contributed by atoms with van der Waals surface area (Å²) in [5, 5.41) is 3.71. The number of rotatable bonds is 4. The van der Waals surface area contributed by atoms with E-state index in [4.69, 9.17) is 0 Å². The third-order valence-corrected chi connectivity index (χ3v) is 7.12. The summed E-state index contributed by atoms with van der Waals surface area (Å²) in [6, 6.07) is 41.7. The molecule has 0 saturated carbocycles. The van der Waals surface area contributed by atoms with Crippen molar-refractivity contribution in [1.29, 1.82) is 0 Å². The zero-order chi connectivity index (χ0) is 22.1. The Morgan fingerprint density at radius 1 is 0.576 bits per heavy atom. The first-order valence-corrected chi connectivity index (χ1v) is 11.8. The highest BCUT2D eigenvalue weighted by Gasteiger charge is 2.45. The van der Waals surface area contributed by atoms with Gasteiger partial charge in [-0.2, -0.15) is 0 Å². The van der Waals surface area contributed by atoms with E-state index in [0.29, 0.717) is 0 Å². The average molecular weight is 426 g/mol. The van der Waals surface area contributed by atoms with Crippen LogP contribution in [0.25, 0.3) is 0 Å². The predicted octanol–water partition coefficient (Wildman–Crippen LogP) is 7.66. The zero-order valence-electron chi connectivity index (χ0n) is 18.7. The molecular weight excluding hydrogens is 398 g/mol. The lowest BCUT2D eigenvalue weighted by Crippen LogP contribution is -2.37. The van der Waals surface area contributed by atoms with Crippen LogP contribution in [0.1, 0.15) is 35.1 Å². The maximum atomic E-state index is 3.71. The molecule has 0 spiro atoms. The highest BCUT2D eigenvalue weighted by Crippen LogP contribution is 2.53. The Kier molecular flexibility index (Phi) is 4.96. The van der Waals surface area contributed by atoms with Gasteiger partial charge >= 0.3 is 0 Å². The molecule has 0 radical (unpaired) electrons. The molecule has 0 saturated heterocycles. The van der Waals surface area contributed by atoms with E-state index in [2.05, 4.69) is 127 Å². The van der Waals surface area contributed by atoms with E-state index in [0.717, 1.165) is 24.9 Å². The van der Waals surface area contributed by atoms with Crippen molar-refractivity contribution in [1.82, 2.24) is 0 Å². The van der Waals surface area contributed by atoms with Crippen molar-refractivity contribution < 1.29 is 0 Å². The molecule has 1 nitrogen and oxygen atoms in total. The molecule has 4 aromatic rings. The van der Waals surface area contributed by atoms with Crippen LogP contribution >= 0.6 is 0 Å². The second kappa shape index (κ2) is 8.26. The zero-order valence-corrected chi connectivity index (χ0v) is 18.7. The van der Waals surface area contributed by atoms with Gasteiger partial charge in [0.05, 0.1) is 5.41 Å². The maximum Gasteiger partial charge on any atom is 0.0704 e. The minimum absolute atomic E-state index is 0.323. The molecule has 0 aliphatic heterocycles. The summed E-state index contributed by atoms with van der Waals surface area (Å²) in [4.78, 5) is 0. The van der Waals surface area contributed by atoms with Gasteiger partial charge in [0.15, 0.2) is 0 Å². The molecule has 2 aliphatic rings. The van der Waals surface area contributed by atoms with Gasteiger partial charge in [-0.25, -0.2) is 0 Å². The molecule has 0 unspecified atom stereocenters. The van der Waals surface area contributed by atoms with Gasteiger partial charge in [0.25, 0.3) is 0 Å². The smallest absolute Gasteiger partial charge is 0.0704 e. The van der Waals surface area contributed by atoms with Crippen molar-refractivity contribution >= 4 is 5.69 Å². The molecule has 6 rings (SSSR count). The molecule has 0 bridgehead atoms. The first kappa shape index (κ1) is 19.8. The number of anilines is 1. The highest BCUT2D eigenvalue weighted by molar-refractivity contribution is 5.68. The van der Waals surface area contributed by atoms with E-state index in [9.17, 15) is 0 Å². The van der Waals surface area contributed by atoms with Crippen LogP contribution in [0.2, 0.25) is 0 Å². The quantitative estimate of drug-likeness (QED) is 0.354. The van der Waals surface area contributed by atoms with Gasteiger partial charge < -0.3 is 5.32 Å². The van der Waals surface area contributed by atoms with Crippen molar-refractivity contribution in [2.24, 2.45) is 0 Å². The number of nitrogens with one attached hydrogen (secondary N) is 1. The Labute approximate surface area is 196 Å². The summed E-state index contributed by atoms with van der Waals surface area (Å²) in [6.07, 6.45) is 5.59. The maximum absolute atomic E-state index is 3.71. The molecule has 0 atom stereocenters. The van der Waals surface area contributed by atoms with Crippen molar-refractivity contribution in [3.8, 4) is 0 Å². The molecule has 1 N–H and O–H groups in total. The second-order valence-corrected chi connectivity index (χ2v) is 8.99. The first-order valence-electron chi connectivity index (χ1n) is 11.8. The average Bonchev–Trinajstić information content (AvgIpc) is 2.89. The van der Waals surface area contributed by atoms with E-state index in [-0.39, 0.29) is 5.41 Å². The minimum atomic E-state index is -0.323. The van der Waals surface area contributed by atoms with Gasteiger partial charge in [0, 0.05) is 11.4 Å². The van der Waals surface area contributed by atoms with Crippen molar-refractivity contribution in [3.63, 3.8) is 0 Å². The largest absolute Gasteiger partial charge is 0.359 e. The molecule has 4 aromatic carbocycles. The normalized spacial score (nSPS) is 16.4. The third-order valence-electron chi connectivity index (χ3n) is 7.12. The lowest BCUT2D eigenvalue weighted by Gasteiger charge is -2.44. The fourth-order valence-corrected chi connectivity index (χ4v) is 5.71. The molecule has 2 aliphatic carbocycles. The van der Waals surface area contributed by atoms with Crippen LogP contribution in [0.5, 0.6) is 0 Å². The molecule has 0 aromatic heterocycles. The van der Waals surface area contributed by atoms with Crippen molar-refractivity contribution in [2.45, 2.75) is 24.7 Å². The third kappa shape index (κ3) is 3.32. The van der Waals surface area contributed by atoms with E-state index in [1.165, 1.54) is 33.5 Å². The van der Waals surface area contributed by atoms with E-state index < -0.39 is 0 Å². The lowest BCUT2D eigenvalue weighted by molar-refractivity contribution is 0.666. The standard InChI is InChI=1S/C32H27N/c1-4-13-26(14-5-1)32(27-15-6-2-7-16-27)30-19-11-10-12-24(30)22-25-20-21-29(23-31(25)32)33-28-17-8-3-9-18-28/h1-19,23,33H,20-22H2. The van der Waals surface area contributed by atoms with E-state index in [1.807, 2.05) is 0 Å².